The van der Waals surface area contributed by atoms with Crippen LogP contribution in [0.4, 0.5) is 15.2 Å². The number of aromatic nitrogens is 1. The first kappa shape index (κ1) is 24.3. The predicted octanol–water partition coefficient (Wildman–Crippen LogP) is 4.16. The highest BCUT2D eigenvalue weighted by Gasteiger charge is 2.28. The van der Waals surface area contributed by atoms with Gasteiger partial charge in [-0.1, -0.05) is 18.2 Å². The molecule has 0 spiro atoms. The van der Waals surface area contributed by atoms with Gasteiger partial charge in [-0.3, -0.25) is 14.4 Å². The van der Waals surface area contributed by atoms with Crippen LogP contribution in [0.5, 0.6) is 5.75 Å². The molecule has 1 saturated heterocycles. The Labute approximate surface area is 206 Å². The number of thiazole rings is 1. The maximum Gasteiger partial charge on any atom is 0.260 e. The average molecular weight is 497 g/mol. The number of likely N-dealkylation sites (tertiary alicyclic amines) is 1. The number of carbonyl (C=O) groups is 3. The minimum absolute atomic E-state index is 0.0366. The van der Waals surface area contributed by atoms with Crippen molar-refractivity contribution in [3.05, 3.63) is 59.7 Å². The van der Waals surface area contributed by atoms with Crippen molar-refractivity contribution in [3.8, 4) is 17.0 Å². The van der Waals surface area contributed by atoms with E-state index >= 15 is 0 Å². The van der Waals surface area contributed by atoms with Gasteiger partial charge in [0.05, 0.1) is 5.69 Å². The Balaban J connectivity index is 1.27. The molecule has 1 fully saturated rings. The van der Waals surface area contributed by atoms with E-state index in [1.807, 2.05) is 18.2 Å². The Morgan fingerprint density at radius 1 is 1.11 bits per heavy atom. The number of para-hydroxylation sites is 1. The zero-order valence-corrected chi connectivity index (χ0v) is 19.9. The van der Waals surface area contributed by atoms with E-state index in [9.17, 15) is 18.8 Å². The van der Waals surface area contributed by atoms with E-state index < -0.39 is 5.82 Å². The average Bonchev–Trinajstić information content (AvgIpc) is 3.31. The Morgan fingerprint density at radius 2 is 1.86 bits per heavy atom. The molecular weight excluding hydrogens is 471 g/mol. The Kier molecular flexibility index (Phi) is 7.71. The summed E-state index contributed by atoms with van der Waals surface area (Å²) in [5.74, 6) is -0.681. The van der Waals surface area contributed by atoms with E-state index in [1.54, 1.807) is 28.5 Å². The van der Waals surface area contributed by atoms with Crippen molar-refractivity contribution >= 4 is 39.9 Å². The first-order valence-electron chi connectivity index (χ1n) is 11.2. The van der Waals surface area contributed by atoms with Crippen LogP contribution in [-0.2, 0) is 14.4 Å². The van der Waals surface area contributed by atoms with E-state index in [0.29, 0.717) is 48.2 Å². The van der Waals surface area contributed by atoms with Gasteiger partial charge in [-0.05, 0) is 43.2 Å². The molecule has 2 aromatic carbocycles. The normalized spacial score (nSPS) is 13.8. The Hall–Kier alpha value is -3.79. The molecule has 8 nitrogen and oxygen atoms in total. The van der Waals surface area contributed by atoms with Crippen LogP contribution in [0.15, 0.2) is 53.9 Å². The molecule has 0 saturated carbocycles. The summed E-state index contributed by atoms with van der Waals surface area (Å²) in [4.78, 5) is 42.3. The number of hydrogen-bond acceptors (Lipinski definition) is 6. The maximum atomic E-state index is 14.5. The number of halogens is 1. The van der Waals surface area contributed by atoms with Crippen LogP contribution >= 0.6 is 11.3 Å². The van der Waals surface area contributed by atoms with Crippen molar-refractivity contribution in [2.45, 2.75) is 19.8 Å². The molecule has 0 bridgehead atoms. The van der Waals surface area contributed by atoms with E-state index in [4.69, 9.17) is 4.74 Å². The van der Waals surface area contributed by atoms with Gasteiger partial charge in [-0.25, -0.2) is 9.37 Å². The minimum atomic E-state index is -0.521. The molecule has 2 N–H and O–H groups in total. The van der Waals surface area contributed by atoms with Gasteiger partial charge in [0, 0.05) is 42.6 Å². The van der Waals surface area contributed by atoms with Gasteiger partial charge in [-0.15, -0.1) is 11.3 Å². The number of rotatable bonds is 7. The van der Waals surface area contributed by atoms with Crippen molar-refractivity contribution in [2.75, 3.05) is 30.3 Å². The van der Waals surface area contributed by atoms with Crippen molar-refractivity contribution in [3.63, 3.8) is 0 Å². The highest BCUT2D eigenvalue weighted by atomic mass is 32.1. The molecule has 1 aliphatic rings. The van der Waals surface area contributed by atoms with Crippen LogP contribution in [0.3, 0.4) is 0 Å². The van der Waals surface area contributed by atoms with E-state index in [-0.39, 0.29) is 35.8 Å². The summed E-state index contributed by atoms with van der Waals surface area (Å²) < 4.78 is 20.0. The van der Waals surface area contributed by atoms with Gasteiger partial charge in [0.1, 0.15) is 11.6 Å². The third-order valence-electron chi connectivity index (χ3n) is 5.62. The van der Waals surface area contributed by atoms with Crippen LogP contribution in [0, 0.1) is 11.7 Å². The van der Waals surface area contributed by atoms with Gasteiger partial charge >= 0.3 is 0 Å². The molecule has 3 aromatic rings. The number of amides is 3. The second-order valence-corrected chi connectivity index (χ2v) is 9.02. The smallest absolute Gasteiger partial charge is 0.260 e. The molecule has 35 heavy (non-hydrogen) atoms. The number of carbonyl (C=O) groups excluding carboxylic acids is 3. The molecule has 2 heterocycles. The lowest BCUT2D eigenvalue weighted by Gasteiger charge is -2.31. The minimum Gasteiger partial charge on any atom is -0.484 e. The SMILES string of the molecule is CC(=O)Nc1ccc(-c2csc(NC(=O)C3CCN(C(=O)COc4ccccc4)CC3)n2)c(F)c1. The van der Waals surface area contributed by atoms with Crippen molar-refractivity contribution < 1.29 is 23.5 Å². The second-order valence-electron chi connectivity index (χ2n) is 8.16. The molecule has 182 valence electrons. The van der Waals surface area contributed by atoms with Crippen molar-refractivity contribution in [1.82, 2.24) is 9.88 Å². The molecule has 3 amide bonds. The third kappa shape index (κ3) is 6.42. The van der Waals surface area contributed by atoms with Gasteiger partial charge in [0.2, 0.25) is 11.8 Å². The number of anilines is 2. The molecule has 1 aromatic heterocycles. The zero-order chi connectivity index (χ0) is 24.8. The number of nitrogens with zero attached hydrogens (tertiary/aromatic N) is 2. The summed E-state index contributed by atoms with van der Waals surface area (Å²) in [5, 5.41) is 7.39. The fourth-order valence-corrected chi connectivity index (χ4v) is 4.52. The molecule has 1 aliphatic heterocycles. The van der Waals surface area contributed by atoms with Crippen molar-refractivity contribution in [2.24, 2.45) is 5.92 Å². The van der Waals surface area contributed by atoms with Crippen molar-refractivity contribution in [1.29, 1.82) is 0 Å². The molecule has 0 unspecified atom stereocenters. The fraction of sp³-hybridized carbons (Fsp3) is 0.280. The molecule has 0 aliphatic carbocycles. The molecular formula is C25H25FN4O4S. The summed E-state index contributed by atoms with van der Waals surface area (Å²) >= 11 is 1.21. The first-order chi connectivity index (χ1) is 16.9. The zero-order valence-electron chi connectivity index (χ0n) is 19.1. The van der Waals surface area contributed by atoms with Crippen LogP contribution < -0.4 is 15.4 Å². The lowest BCUT2D eigenvalue weighted by atomic mass is 9.96. The van der Waals surface area contributed by atoms with E-state index in [0.717, 1.165) is 0 Å². The fourth-order valence-electron chi connectivity index (χ4n) is 3.81. The second kappa shape index (κ2) is 11.1. The lowest BCUT2D eigenvalue weighted by molar-refractivity contribution is -0.136. The summed E-state index contributed by atoms with van der Waals surface area (Å²) in [5.41, 5.74) is 1.04. The largest absolute Gasteiger partial charge is 0.484 e. The van der Waals surface area contributed by atoms with Gasteiger partial charge in [0.15, 0.2) is 11.7 Å². The predicted molar refractivity (Wildman–Crippen MR) is 132 cm³/mol. The summed E-state index contributed by atoms with van der Waals surface area (Å²) in [6.45, 7) is 2.27. The Morgan fingerprint density at radius 3 is 2.54 bits per heavy atom. The number of nitrogens with one attached hydrogen (secondary N) is 2. The summed E-state index contributed by atoms with van der Waals surface area (Å²) in [6.07, 6.45) is 1.08. The molecule has 10 heteroatoms. The topological polar surface area (TPSA) is 101 Å². The number of piperidine rings is 1. The van der Waals surface area contributed by atoms with Gasteiger partial charge in [0.25, 0.3) is 5.91 Å². The monoisotopic (exact) mass is 496 g/mol. The van der Waals surface area contributed by atoms with Crippen LogP contribution in [0.2, 0.25) is 0 Å². The molecule has 4 rings (SSSR count). The first-order valence-corrected chi connectivity index (χ1v) is 12.1. The lowest BCUT2D eigenvalue weighted by Crippen LogP contribution is -2.43. The van der Waals surface area contributed by atoms with Gasteiger partial charge < -0.3 is 20.3 Å². The van der Waals surface area contributed by atoms with Crippen LogP contribution in [0.25, 0.3) is 11.3 Å². The standard InChI is InChI=1S/C25H25FN4O4S/c1-16(31)27-18-7-8-20(21(26)13-18)22-15-35-25(28-22)29-24(33)17-9-11-30(12-10-17)23(32)14-34-19-5-3-2-4-6-19/h2-8,13,15,17H,9-12,14H2,1H3,(H,27,31)(H,28,29,33). The summed E-state index contributed by atoms with van der Waals surface area (Å²) in [6, 6.07) is 13.5. The highest BCUT2D eigenvalue weighted by molar-refractivity contribution is 7.14. The third-order valence-corrected chi connectivity index (χ3v) is 6.38. The van der Waals surface area contributed by atoms with Gasteiger partial charge in [-0.2, -0.15) is 0 Å². The molecule has 0 atom stereocenters. The quantitative estimate of drug-likeness (QED) is 0.512. The maximum absolute atomic E-state index is 14.5. The van der Waals surface area contributed by atoms with Crippen LogP contribution in [0.1, 0.15) is 19.8 Å². The Bertz CT molecular complexity index is 1210. The number of hydrogen-bond donors (Lipinski definition) is 2. The number of ether oxygens (including phenoxy) is 1. The number of benzene rings is 2. The highest BCUT2D eigenvalue weighted by Crippen LogP contribution is 2.29. The van der Waals surface area contributed by atoms with Crippen LogP contribution in [-0.4, -0.2) is 47.3 Å². The van der Waals surface area contributed by atoms with E-state index in [1.165, 1.54) is 30.4 Å². The summed E-state index contributed by atoms with van der Waals surface area (Å²) in [7, 11) is 0. The van der Waals surface area contributed by atoms with E-state index in [2.05, 4.69) is 15.6 Å². The molecule has 0 radical (unpaired) electrons.